The summed E-state index contributed by atoms with van der Waals surface area (Å²) in [6, 6.07) is 18.5. The minimum atomic E-state index is -3.66. The van der Waals surface area contributed by atoms with Crippen molar-refractivity contribution in [3.05, 3.63) is 60.2 Å². The predicted octanol–water partition coefficient (Wildman–Crippen LogP) is 3.50. The molecule has 0 fully saturated rings. The number of unbranched alkanes of at least 4 members (excludes halogenated alkanes) is 1. The molecule has 0 amide bonds. The predicted molar refractivity (Wildman–Crippen MR) is 95.1 cm³/mol. The van der Waals surface area contributed by atoms with Gasteiger partial charge in [-0.05, 0) is 48.7 Å². The molecule has 0 saturated carbocycles. The molecule has 0 bridgehead atoms. The van der Waals surface area contributed by atoms with Crippen LogP contribution in [0.15, 0.2) is 59.5 Å². The molecule has 0 saturated heterocycles. The van der Waals surface area contributed by atoms with Crippen molar-refractivity contribution in [3.8, 4) is 17.7 Å². The van der Waals surface area contributed by atoms with Crippen molar-refractivity contribution in [2.45, 2.75) is 24.7 Å². The van der Waals surface area contributed by atoms with Gasteiger partial charge in [0.1, 0.15) is 5.75 Å². The van der Waals surface area contributed by atoms with E-state index in [9.17, 15) is 8.42 Å². The molecule has 0 aromatic heterocycles. The van der Waals surface area contributed by atoms with Gasteiger partial charge in [-0.2, -0.15) is 0 Å². The van der Waals surface area contributed by atoms with Gasteiger partial charge in [-0.25, -0.2) is 12.7 Å². The Kier molecular flexibility index (Phi) is 6.28. The van der Waals surface area contributed by atoms with E-state index >= 15 is 0 Å². The average Bonchev–Trinajstić information content (AvgIpc) is 2.62. The highest BCUT2D eigenvalue weighted by Crippen LogP contribution is 2.19. The van der Waals surface area contributed by atoms with Crippen LogP contribution in [0, 0.1) is 12.0 Å². The van der Waals surface area contributed by atoms with Crippen LogP contribution in [0.3, 0.4) is 0 Å². The average molecular weight is 343 g/mol. The summed E-state index contributed by atoms with van der Waals surface area (Å²) < 4.78 is 32.0. The van der Waals surface area contributed by atoms with Gasteiger partial charge in [0, 0.05) is 18.2 Å². The normalized spacial score (nSPS) is 10.6. The van der Waals surface area contributed by atoms with Gasteiger partial charge in [0.25, 0.3) is 10.0 Å². The molecule has 4 nitrogen and oxygen atoms in total. The molecule has 0 heterocycles. The van der Waals surface area contributed by atoms with Crippen LogP contribution in [-0.4, -0.2) is 26.4 Å². The molecule has 0 N–H and O–H groups in total. The molecule has 0 unspecified atom stereocenters. The summed E-state index contributed by atoms with van der Waals surface area (Å²) in [7, 11) is -2.12. The van der Waals surface area contributed by atoms with Gasteiger partial charge in [0.05, 0.1) is 12.0 Å². The third kappa shape index (κ3) is 4.53. The van der Waals surface area contributed by atoms with Crippen LogP contribution in [0.5, 0.6) is 5.75 Å². The minimum absolute atomic E-state index is 0.210. The summed E-state index contributed by atoms with van der Waals surface area (Å²) in [6.07, 6.45) is 1.64. The maximum absolute atomic E-state index is 12.8. The first-order chi connectivity index (χ1) is 11.6. The van der Waals surface area contributed by atoms with E-state index in [0.717, 1.165) is 18.4 Å². The van der Waals surface area contributed by atoms with Crippen LogP contribution < -0.4 is 4.74 Å². The van der Waals surface area contributed by atoms with Gasteiger partial charge in [-0.15, -0.1) is 0 Å². The molecule has 0 radical (unpaired) electrons. The standard InChI is InChI=1S/C19H21NO3S/c1-3-4-15-20(16-14-17-8-6-5-7-9-17)24(21,22)19-12-10-18(23-2)11-13-19/h5-13H,3-4,15H2,1-2H3. The highest BCUT2D eigenvalue weighted by Gasteiger charge is 2.21. The summed E-state index contributed by atoms with van der Waals surface area (Å²) >= 11 is 0. The van der Waals surface area contributed by atoms with Gasteiger partial charge in [0.15, 0.2) is 0 Å². The molecule has 0 aliphatic rings. The zero-order valence-electron chi connectivity index (χ0n) is 13.9. The Morgan fingerprint density at radius 1 is 1.04 bits per heavy atom. The van der Waals surface area contributed by atoms with Crippen LogP contribution in [0.2, 0.25) is 0 Å². The van der Waals surface area contributed by atoms with Crippen molar-refractivity contribution in [3.63, 3.8) is 0 Å². The van der Waals surface area contributed by atoms with Crippen molar-refractivity contribution in [1.29, 1.82) is 0 Å². The first kappa shape index (κ1) is 17.9. The first-order valence-electron chi connectivity index (χ1n) is 7.81. The summed E-state index contributed by atoms with van der Waals surface area (Å²) in [5, 5.41) is 0. The Hall–Kier alpha value is -2.45. The molecule has 0 atom stereocenters. The van der Waals surface area contributed by atoms with E-state index in [0.29, 0.717) is 12.3 Å². The Bertz CT molecular complexity index is 803. The number of benzene rings is 2. The molecular formula is C19H21NO3S. The first-order valence-corrected chi connectivity index (χ1v) is 9.25. The Morgan fingerprint density at radius 3 is 2.29 bits per heavy atom. The topological polar surface area (TPSA) is 46.6 Å². The third-order valence-electron chi connectivity index (χ3n) is 3.46. The van der Waals surface area contributed by atoms with Crippen molar-refractivity contribution >= 4 is 10.0 Å². The van der Waals surface area contributed by atoms with Gasteiger partial charge in [0.2, 0.25) is 0 Å². The van der Waals surface area contributed by atoms with Gasteiger partial charge < -0.3 is 4.74 Å². The highest BCUT2D eigenvalue weighted by molar-refractivity contribution is 7.89. The molecule has 2 aromatic rings. The van der Waals surface area contributed by atoms with Crippen LogP contribution in [0.1, 0.15) is 25.3 Å². The maximum Gasteiger partial charge on any atom is 0.270 e. The number of methoxy groups -OCH3 is 1. The van der Waals surface area contributed by atoms with E-state index in [1.54, 1.807) is 19.2 Å². The molecule has 0 aliphatic heterocycles. The molecule has 0 spiro atoms. The number of hydrogen-bond acceptors (Lipinski definition) is 3. The van der Waals surface area contributed by atoms with E-state index in [4.69, 9.17) is 4.74 Å². The lowest BCUT2D eigenvalue weighted by atomic mass is 10.2. The molecule has 24 heavy (non-hydrogen) atoms. The smallest absolute Gasteiger partial charge is 0.270 e. The van der Waals surface area contributed by atoms with Crippen molar-refractivity contribution < 1.29 is 13.2 Å². The zero-order valence-corrected chi connectivity index (χ0v) is 14.7. The second-order valence-corrected chi connectivity index (χ2v) is 7.07. The van der Waals surface area contributed by atoms with E-state index < -0.39 is 10.0 Å². The highest BCUT2D eigenvalue weighted by atomic mass is 32.2. The number of sulfonamides is 1. The molecule has 5 heteroatoms. The maximum atomic E-state index is 12.8. The monoisotopic (exact) mass is 343 g/mol. The summed E-state index contributed by atoms with van der Waals surface area (Å²) in [6.45, 7) is 2.38. The van der Waals surface area contributed by atoms with Gasteiger partial charge in [-0.1, -0.05) is 31.5 Å². The number of rotatable bonds is 6. The van der Waals surface area contributed by atoms with Crippen LogP contribution in [0.25, 0.3) is 0 Å². The molecule has 2 rings (SSSR count). The number of hydrogen-bond donors (Lipinski definition) is 0. The van der Waals surface area contributed by atoms with E-state index in [1.165, 1.54) is 16.4 Å². The fraction of sp³-hybridized carbons (Fsp3) is 0.263. The fourth-order valence-electron chi connectivity index (χ4n) is 2.06. The molecule has 0 aliphatic carbocycles. The molecule has 2 aromatic carbocycles. The lowest BCUT2D eigenvalue weighted by Gasteiger charge is -2.17. The summed E-state index contributed by atoms with van der Waals surface area (Å²) in [5.41, 5.74) is 0.781. The van der Waals surface area contributed by atoms with Crippen molar-refractivity contribution in [2.24, 2.45) is 0 Å². The second-order valence-electron chi connectivity index (χ2n) is 5.21. The Balaban J connectivity index is 2.33. The van der Waals surface area contributed by atoms with Crippen molar-refractivity contribution in [2.75, 3.05) is 13.7 Å². The van der Waals surface area contributed by atoms with Crippen LogP contribution in [0.4, 0.5) is 0 Å². The largest absolute Gasteiger partial charge is 0.497 e. The fourth-order valence-corrected chi connectivity index (χ4v) is 3.33. The van der Waals surface area contributed by atoms with Crippen LogP contribution >= 0.6 is 0 Å². The second kappa shape index (κ2) is 8.42. The third-order valence-corrected chi connectivity index (χ3v) is 5.18. The number of ether oxygens (including phenoxy) is 1. The van der Waals surface area contributed by atoms with Gasteiger partial charge in [-0.3, -0.25) is 0 Å². The van der Waals surface area contributed by atoms with Crippen molar-refractivity contribution in [1.82, 2.24) is 4.31 Å². The lowest BCUT2D eigenvalue weighted by Crippen LogP contribution is -2.27. The zero-order chi connectivity index (χ0) is 17.4. The molecule has 126 valence electrons. The minimum Gasteiger partial charge on any atom is -0.497 e. The van der Waals surface area contributed by atoms with Crippen LogP contribution in [-0.2, 0) is 10.0 Å². The Morgan fingerprint density at radius 2 is 1.71 bits per heavy atom. The van der Waals surface area contributed by atoms with E-state index in [-0.39, 0.29) is 4.90 Å². The SMILES string of the molecule is CCCCN(C#Cc1ccccc1)S(=O)(=O)c1ccc(OC)cc1. The molecular weight excluding hydrogens is 322 g/mol. The quantitative estimate of drug-likeness (QED) is 0.596. The summed E-state index contributed by atoms with van der Waals surface area (Å²) in [4.78, 5) is 0.210. The van der Waals surface area contributed by atoms with E-state index in [2.05, 4.69) is 12.0 Å². The lowest BCUT2D eigenvalue weighted by molar-refractivity contribution is 0.414. The Labute approximate surface area is 144 Å². The summed E-state index contributed by atoms with van der Waals surface area (Å²) in [5.74, 6) is 3.54. The number of nitrogens with zero attached hydrogens (tertiary/aromatic N) is 1. The van der Waals surface area contributed by atoms with Gasteiger partial charge >= 0.3 is 0 Å². The van der Waals surface area contributed by atoms with E-state index in [1.807, 2.05) is 37.3 Å².